The van der Waals surface area contributed by atoms with Crippen LogP contribution in [0.2, 0.25) is 0 Å². The minimum Gasteiger partial charge on any atom is -0.478 e. The zero-order chi connectivity index (χ0) is 14.5. The van der Waals surface area contributed by atoms with E-state index in [0.717, 1.165) is 12.1 Å². The molecule has 1 aromatic carbocycles. The molecule has 100 valence electrons. The largest absolute Gasteiger partial charge is 0.478 e. The first-order chi connectivity index (χ1) is 8.86. The van der Waals surface area contributed by atoms with E-state index in [1.807, 2.05) is 0 Å². The number of carboxylic acids is 1. The lowest BCUT2D eigenvalue weighted by atomic mass is 10.0. The number of hydrogen-bond acceptors (Lipinski definition) is 2. The fourth-order valence-corrected chi connectivity index (χ4v) is 1.34. The molecule has 5 nitrogen and oxygen atoms in total. The van der Waals surface area contributed by atoms with Gasteiger partial charge in [-0.1, -0.05) is 17.3 Å². The Labute approximate surface area is 105 Å². The van der Waals surface area contributed by atoms with E-state index in [1.54, 1.807) is 0 Å². The third-order valence-corrected chi connectivity index (χ3v) is 2.16. The summed E-state index contributed by atoms with van der Waals surface area (Å²) in [6.45, 7) is -0.0776. The van der Waals surface area contributed by atoms with Gasteiger partial charge in [0.15, 0.2) is 0 Å². The van der Waals surface area contributed by atoms with Crippen molar-refractivity contribution >= 4 is 12.0 Å². The maximum atomic E-state index is 12.5. The smallest absolute Gasteiger partial charge is 0.416 e. The minimum atomic E-state index is -4.55. The number of carboxylic acid groups (broad SMARTS) is 1. The summed E-state index contributed by atoms with van der Waals surface area (Å²) in [5.74, 6) is -1.34. The van der Waals surface area contributed by atoms with Crippen LogP contribution in [0.5, 0.6) is 0 Å². The van der Waals surface area contributed by atoms with Crippen LogP contribution in [0.3, 0.4) is 0 Å². The molecule has 0 aliphatic heterocycles. The second-order valence-electron chi connectivity index (χ2n) is 3.42. The van der Waals surface area contributed by atoms with Gasteiger partial charge in [-0.2, -0.15) is 13.2 Å². The van der Waals surface area contributed by atoms with Crippen LogP contribution in [-0.2, 0) is 6.18 Å². The number of alkyl halides is 3. The predicted molar refractivity (Wildman–Crippen MR) is 61.5 cm³/mol. The van der Waals surface area contributed by atoms with Gasteiger partial charge < -0.3 is 5.11 Å². The highest BCUT2D eigenvalue weighted by Crippen LogP contribution is 2.31. The second kappa shape index (κ2) is 5.92. The topological polar surface area (TPSA) is 86.1 Å². The zero-order valence-corrected chi connectivity index (χ0v) is 9.42. The highest BCUT2D eigenvalue weighted by molar-refractivity contribution is 5.92. The molecule has 0 saturated carbocycles. The predicted octanol–water partition coefficient (Wildman–Crippen LogP) is 3.73. The Morgan fingerprint density at radius 2 is 2.16 bits per heavy atom. The lowest BCUT2D eigenvalue weighted by Gasteiger charge is -2.09. The lowest BCUT2D eigenvalue weighted by Crippen LogP contribution is -2.07. The molecule has 8 heteroatoms. The van der Waals surface area contributed by atoms with Crippen molar-refractivity contribution in [2.24, 2.45) is 5.11 Å². The summed E-state index contributed by atoms with van der Waals surface area (Å²) in [6.07, 6.45) is -2.10. The molecule has 0 heterocycles. The van der Waals surface area contributed by atoms with Crippen molar-refractivity contribution < 1.29 is 23.1 Å². The minimum absolute atomic E-state index is 0.0776. The van der Waals surface area contributed by atoms with Crippen LogP contribution < -0.4 is 0 Å². The molecular weight excluding hydrogens is 263 g/mol. The van der Waals surface area contributed by atoms with Gasteiger partial charge in [-0.05, 0) is 29.3 Å². The number of hydrogen-bond donors (Lipinski definition) is 1. The van der Waals surface area contributed by atoms with E-state index in [-0.39, 0.29) is 17.7 Å². The van der Waals surface area contributed by atoms with Gasteiger partial charge in [0.25, 0.3) is 0 Å². The molecule has 0 fully saturated rings. The average Bonchev–Trinajstić information content (AvgIpc) is 2.33. The van der Waals surface area contributed by atoms with E-state index >= 15 is 0 Å². The monoisotopic (exact) mass is 271 g/mol. The Balaban J connectivity index is 3.19. The molecule has 0 bridgehead atoms. The lowest BCUT2D eigenvalue weighted by molar-refractivity contribution is -0.137. The van der Waals surface area contributed by atoms with E-state index in [1.165, 1.54) is 12.2 Å². The molecule has 0 amide bonds. The second-order valence-corrected chi connectivity index (χ2v) is 3.42. The molecule has 1 N–H and O–H groups in total. The average molecular weight is 271 g/mol. The third kappa shape index (κ3) is 4.04. The van der Waals surface area contributed by atoms with Gasteiger partial charge in [-0.15, -0.1) is 0 Å². The molecule has 0 atom stereocenters. The van der Waals surface area contributed by atoms with E-state index in [2.05, 4.69) is 10.0 Å². The maximum Gasteiger partial charge on any atom is 0.416 e. The summed E-state index contributed by atoms with van der Waals surface area (Å²) < 4.78 is 37.5. The maximum absolute atomic E-state index is 12.5. The fourth-order valence-electron chi connectivity index (χ4n) is 1.34. The molecule has 0 spiro atoms. The molecule has 0 aliphatic carbocycles. The van der Waals surface area contributed by atoms with Crippen LogP contribution in [-0.4, -0.2) is 17.6 Å². The van der Waals surface area contributed by atoms with E-state index in [4.69, 9.17) is 10.6 Å². The number of carbonyl (C=O) groups is 1. The van der Waals surface area contributed by atoms with Crippen molar-refractivity contribution in [3.63, 3.8) is 0 Å². The van der Waals surface area contributed by atoms with Gasteiger partial charge in [-0.3, -0.25) is 0 Å². The van der Waals surface area contributed by atoms with Crippen molar-refractivity contribution in [1.82, 2.24) is 0 Å². The zero-order valence-electron chi connectivity index (χ0n) is 9.42. The quantitative estimate of drug-likeness (QED) is 0.514. The van der Waals surface area contributed by atoms with Crippen molar-refractivity contribution in [3.05, 3.63) is 51.4 Å². The SMILES string of the molecule is [N-]=[N+]=NCC=Cc1cc(C(F)(F)F)ccc1C(=O)O. The molecule has 1 rings (SSSR count). The van der Waals surface area contributed by atoms with Crippen molar-refractivity contribution in [1.29, 1.82) is 0 Å². The van der Waals surface area contributed by atoms with E-state index < -0.39 is 17.7 Å². The Bertz CT molecular complexity index is 561. The van der Waals surface area contributed by atoms with Gasteiger partial charge in [-0.25, -0.2) is 4.79 Å². The fraction of sp³-hybridized carbons (Fsp3) is 0.182. The van der Waals surface area contributed by atoms with Gasteiger partial charge >= 0.3 is 12.1 Å². The van der Waals surface area contributed by atoms with Crippen LogP contribution in [0.1, 0.15) is 21.5 Å². The van der Waals surface area contributed by atoms with E-state index in [0.29, 0.717) is 6.07 Å². The summed E-state index contributed by atoms with van der Waals surface area (Å²) in [7, 11) is 0. The van der Waals surface area contributed by atoms with Crippen molar-refractivity contribution in [2.45, 2.75) is 6.18 Å². The highest BCUT2D eigenvalue weighted by Gasteiger charge is 2.31. The van der Waals surface area contributed by atoms with Crippen molar-refractivity contribution in [2.75, 3.05) is 6.54 Å². The summed E-state index contributed by atoms with van der Waals surface area (Å²) >= 11 is 0. The van der Waals surface area contributed by atoms with Crippen LogP contribution >= 0.6 is 0 Å². The third-order valence-electron chi connectivity index (χ3n) is 2.16. The van der Waals surface area contributed by atoms with Gasteiger partial charge in [0.2, 0.25) is 0 Å². The van der Waals surface area contributed by atoms with Gasteiger partial charge in [0, 0.05) is 11.5 Å². The number of nitrogens with zero attached hydrogens (tertiary/aromatic N) is 3. The molecule has 0 aliphatic rings. The Hall–Kier alpha value is -2.47. The summed E-state index contributed by atoms with van der Waals surface area (Å²) in [4.78, 5) is 13.3. The molecule has 0 aromatic heterocycles. The first-order valence-corrected chi connectivity index (χ1v) is 4.98. The Morgan fingerprint density at radius 1 is 1.47 bits per heavy atom. The first-order valence-electron chi connectivity index (χ1n) is 4.98. The molecular formula is C11H8F3N3O2. The van der Waals surface area contributed by atoms with Crippen molar-refractivity contribution in [3.8, 4) is 0 Å². The number of benzene rings is 1. The Morgan fingerprint density at radius 3 is 2.68 bits per heavy atom. The van der Waals surface area contributed by atoms with Crippen LogP contribution in [0, 0.1) is 0 Å². The van der Waals surface area contributed by atoms with Gasteiger partial charge in [0.1, 0.15) is 0 Å². The molecule has 0 saturated heterocycles. The summed E-state index contributed by atoms with van der Waals surface area (Å²) in [5, 5.41) is 12.0. The molecule has 0 unspecified atom stereocenters. The highest BCUT2D eigenvalue weighted by atomic mass is 19.4. The first kappa shape index (κ1) is 14.6. The number of rotatable bonds is 4. The normalized spacial score (nSPS) is 11.3. The Kier molecular flexibility index (Phi) is 4.55. The van der Waals surface area contributed by atoms with E-state index in [9.17, 15) is 18.0 Å². The molecule has 1 aromatic rings. The van der Waals surface area contributed by atoms with Crippen LogP contribution in [0.4, 0.5) is 13.2 Å². The molecule has 0 radical (unpaired) electrons. The number of azide groups is 1. The number of halogens is 3. The number of aromatic carboxylic acids is 1. The summed E-state index contributed by atoms with van der Waals surface area (Å²) in [6, 6.07) is 2.32. The molecule has 19 heavy (non-hydrogen) atoms. The van der Waals surface area contributed by atoms with Crippen LogP contribution in [0.15, 0.2) is 29.4 Å². The van der Waals surface area contributed by atoms with Crippen LogP contribution in [0.25, 0.3) is 16.5 Å². The summed E-state index contributed by atoms with van der Waals surface area (Å²) in [5.41, 5.74) is 6.73. The standard InChI is InChI=1S/C11H8F3N3O2/c12-11(13,14)8-3-4-9(10(18)19)7(6-8)2-1-5-16-17-15/h1-4,6H,5H2,(H,18,19). The van der Waals surface area contributed by atoms with Gasteiger partial charge in [0.05, 0.1) is 11.1 Å².